The summed E-state index contributed by atoms with van der Waals surface area (Å²) < 4.78 is 9.34. The highest BCUT2D eigenvalue weighted by molar-refractivity contribution is 6.91. The van der Waals surface area contributed by atoms with Crippen LogP contribution in [0.15, 0.2) is 42.6 Å². The fourth-order valence-electron chi connectivity index (χ4n) is 6.64. The molecule has 0 bridgehead atoms. The number of fused-ring (bicyclic) bond motifs is 3. The molecule has 2 heterocycles. The minimum Gasteiger partial charge on any atom is -0.456 e. The van der Waals surface area contributed by atoms with E-state index in [1.807, 2.05) is 0 Å². The summed E-state index contributed by atoms with van der Waals surface area (Å²) in [5.74, 6) is 2.99. The molecule has 1 saturated carbocycles. The highest BCUT2D eigenvalue weighted by Crippen LogP contribution is 2.49. The average Bonchev–Trinajstić information content (AvgIpc) is 3.28. The van der Waals surface area contributed by atoms with E-state index in [-0.39, 0.29) is 0 Å². The topological polar surface area (TPSA) is 13.1 Å². The Morgan fingerprint density at radius 3 is 2.50 bits per heavy atom. The van der Waals surface area contributed by atoms with Crippen LogP contribution < -0.4 is 14.5 Å². The number of hydrogen-bond donors (Lipinski definition) is 0. The average molecular weight is 467 g/mol. The van der Waals surface area contributed by atoms with E-state index < -0.39 is 8.07 Å². The smallest absolute Gasteiger partial charge is 0.228 e. The van der Waals surface area contributed by atoms with Gasteiger partial charge in [0.2, 0.25) is 5.69 Å². The third kappa shape index (κ3) is 3.24. The number of aromatic nitrogens is 1. The predicted molar refractivity (Wildman–Crippen MR) is 146 cm³/mol. The van der Waals surface area contributed by atoms with E-state index in [9.17, 15) is 0 Å². The molecule has 1 aromatic heterocycles. The third-order valence-corrected chi connectivity index (χ3v) is 10.2. The minimum absolute atomic E-state index is 0.825. The molecule has 0 atom stereocenters. The molecular weight excluding hydrogens is 430 g/mol. The van der Waals surface area contributed by atoms with Gasteiger partial charge in [0.25, 0.3) is 0 Å². The number of nitrogens with zero attached hydrogens (tertiary/aromatic N) is 1. The zero-order valence-corrected chi connectivity index (χ0v) is 22.5. The Bertz CT molecular complexity index is 1470. The standard InChI is InChI=1S/C31H36NOSi/c1-19-10-9-13-24-20(2)27-29-28-23(14-15-32(29)3)17-22(16-21-11-7-8-12-21)18-25(28)33-30(27)31(26(19)24)34(4,5)6/h9-10,13-15,17-18,21H,7-8,11-12,16H2,1-6H3/q+1. The lowest BCUT2D eigenvalue weighted by Crippen LogP contribution is -2.41. The van der Waals surface area contributed by atoms with Crippen molar-refractivity contribution in [3.8, 4) is 22.8 Å². The maximum atomic E-state index is 7.03. The number of pyridine rings is 1. The Hall–Kier alpha value is -2.65. The minimum atomic E-state index is -1.73. The van der Waals surface area contributed by atoms with Crippen LogP contribution in [0.3, 0.4) is 0 Å². The quantitative estimate of drug-likeness (QED) is 0.198. The van der Waals surface area contributed by atoms with Crippen LogP contribution in [0.25, 0.3) is 32.8 Å². The van der Waals surface area contributed by atoms with Crippen LogP contribution in [-0.4, -0.2) is 8.07 Å². The molecule has 3 aromatic carbocycles. The molecule has 1 aliphatic carbocycles. The molecule has 174 valence electrons. The van der Waals surface area contributed by atoms with Crippen molar-refractivity contribution in [2.75, 3.05) is 0 Å². The van der Waals surface area contributed by atoms with E-state index in [1.54, 1.807) is 0 Å². The summed E-state index contributed by atoms with van der Waals surface area (Å²) in [5, 5.41) is 6.83. The zero-order valence-electron chi connectivity index (χ0n) is 21.5. The highest BCUT2D eigenvalue weighted by Gasteiger charge is 2.37. The van der Waals surface area contributed by atoms with Crippen LogP contribution in [0.5, 0.6) is 11.5 Å². The first-order valence-corrected chi connectivity index (χ1v) is 16.4. The molecule has 0 N–H and O–H groups in total. The number of ether oxygens (including phenoxy) is 1. The summed E-state index contributed by atoms with van der Waals surface area (Å²) in [5.41, 5.74) is 6.72. The lowest BCUT2D eigenvalue weighted by molar-refractivity contribution is -0.659. The van der Waals surface area contributed by atoms with E-state index in [2.05, 4.69) is 87.7 Å². The summed E-state index contributed by atoms with van der Waals surface area (Å²) in [6.45, 7) is 11.9. The molecule has 34 heavy (non-hydrogen) atoms. The van der Waals surface area contributed by atoms with E-state index >= 15 is 0 Å². The highest BCUT2D eigenvalue weighted by atomic mass is 28.3. The molecule has 0 spiro atoms. The van der Waals surface area contributed by atoms with Gasteiger partial charge in [-0.15, -0.1) is 0 Å². The molecule has 1 aliphatic heterocycles. The Labute approximate surface area is 204 Å². The van der Waals surface area contributed by atoms with Crippen LogP contribution in [0.4, 0.5) is 0 Å². The first-order valence-electron chi connectivity index (χ1n) is 12.9. The van der Waals surface area contributed by atoms with Gasteiger partial charge in [-0.05, 0) is 70.3 Å². The maximum Gasteiger partial charge on any atom is 0.228 e. The van der Waals surface area contributed by atoms with E-state index in [1.165, 1.54) is 86.8 Å². The molecule has 0 radical (unpaired) electrons. The summed E-state index contributed by atoms with van der Waals surface area (Å²) in [6, 6.07) is 13.8. The van der Waals surface area contributed by atoms with Crippen molar-refractivity contribution < 1.29 is 9.30 Å². The molecule has 0 amide bonds. The molecule has 1 fully saturated rings. The fourth-order valence-corrected chi connectivity index (χ4v) is 8.58. The van der Waals surface area contributed by atoms with Crippen LogP contribution in [0, 0.1) is 19.8 Å². The monoisotopic (exact) mass is 466 g/mol. The van der Waals surface area contributed by atoms with Crippen LogP contribution >= 0.6 is 0 Å². The van der Waals surface area contributed by atoms with Gasteiger partial charge in [-0.2, -0.15) is 0 Å². The van der Waals surface area contributed by atoms with Crippen molar-refractivity contribution in [2.45, 2.75) is 65.6 Å². The lowest BCUT2D eigenvalue weighted by Gasteiger charge is -2.30. The van der Waals surface area contributed by atoms with Gasteiger partial charge < -0.3 is 4.74 Å². The van der Waals surface area contributed by atoms with Crippen molar-refractivity contribution in [2.24, 2.45) is 13.0 Å². The van der Waals surface area contributed by atoms with E-state index in [0.717, 1.165) is 17.4 Å². The largest absolute Gasteiger partial charge is 0.456 e. The van der Waals surface area contributed by atoms with Gasteiger partial charge in [0, 0.05) is 6.07 Å². The first kappa shape index (κ1) is 21.9. The molecule has 0 unspecified atom stereocenters. The van der Waals surface area contributed by atoms with E-state index in [4.69, 9.17) is 4.74 Å². The molecule has 4 aromatic rings. The second-order valence-electron chi connectivity index (χ2n) is 11.7. The third-order valence-electron chi connectivity index (χ3n) is 8.21. The van der Waals surface area contributed by atoms with Crippen molar-refractivity contribution >= 4 is 34.8 Å². The number of hydrogen-bond acceptors (Lipinski definition) is 1. The fraction of sp³-hybridized carbons (Fsp3) is 0.387. The molecule has 3 heteroatoms. The van der Waals surface area contributed by atoms with Crippen molar-refractivity contribution in [3.05, 3.63) is 59.3 Å². The number of aryl methyl sites for hydroxylation is 3. The van der Waals surface area contributed by atoms with Gasteiger partial charge in [0.05, 0.1) is 19.0 Å². The van der Waals surface area contributed by atoms with Gasteiger partial charge in [0.15, 0.2) is 6.20 Å². The van der Waals surface area contributed by atoms with Gasteiger partial charge in [-0.25, -0.2) is 4.57 Å². The van der Waals surface area contributed by atoms with E-state index in [0.29, 0.717) is 0 Å². The Balaban J connectivity index is 1.70. The Morgan fingerprint density at radius 2 is 1.76 bits per heavy atom. The molecular formula is C31H36NOSi+. The second kappa shape index (κ2) is 7.68. The van der Waals surface area contributed by atoms with Crippen LogP contribution in [0.1, 0.15) is 42.4 Å². The van der Waals surface area contributed by atoms with Crippen molar-refractivity contribution in [1.29, 1.82) is 0 Å². The molecule has 0 saturated heterocycles. The van der Waals surface area contributed by atoms with Crippen LogP contribution in [0.2, 0.25) is 19.6 Å². The first-order chi connectivity index (χ1) is 16.2. The van der Waals surface area contributed by atoms with Crippen molar-refractivity contribution in [3.63, 3.8) is 0 Å². The number of benzene rings is 3. The lowest BCUT2D eigenvalue weighted by atomic mass is 9.89. The van der Waals surface area contributed by atoms with Crippen molar-refractivity contribution in [1.82, 2.24) is 0 Å². The van der Waals surface area contributed by atoms with Gasteiger partial charge >= 0.3 is 0 Å². The Morgan fingerprint density at radius 1 is 1.00 bits per heavy atom. The zero-order chi connectivity index (χ0) is 23.8. The van der Waals surface area contributed by atoms with Gasteiger partial charge in [0.1, 0.15) is 18.5 Å². The summed E-state index contributed by atoms with van der Waals surface area (Å²) >= 11 is 0. The molecule has 2 aliphatic rings. The van der Waals surface area contributed by atoms with Gasteiger partial charge in [-0.1, -0.05) is 69.6 Å². The van der Waals surface area contributed by atoms with Gasteiger partial charge in [-0.3, -0.25) is 0 Å². The summed E-state index contributed by atoms with van der Waals surface area (Å²) in [4.78, 5) is 0. The summed E-state index contributed by atoms with van der Waals surface area (Å²) in [6.07, 6.45) is 8.93. The summed E-state index contributed by atoms with van der Waals surface area (Å²) in [7, 11) is 0.458. The molecule has 6 rings (SSSR count). The molecule has 2 nitrogen and oxygen atoms in total. The maximum absolute atomic E-state index is 7.03. The number of rotatable bonds is 3. The van der Waals surface area contributed by atoms with Crippen LogP contribution in [-0.2, 0) is 13.5 Å². The Kier molecular flexibility index (Phi) is 4.93. The SMILES string of the molecule is Cc1c2c(c([Si](C)(C)C)c3c(C)cccc13)Oc1cc(CC3CCCC3)cc3cc[n+](C)c-2c13. The predicted octanol–water partition coefficient (Wildman–Crippen LogP) is 7.48. The second-order valence-corrected chi connectivity index (χ2v) is 16.7. The normalized spacial score (nSPS) is 15.7.